The summed E-state index contributed by atoms with van der Waals surface area (Å²) in [5.74, 6) is 0.461. The highest BCUT2D eigenvalue weighted by molar-refractivity contribution is 6.30. The van der Waals surface area contributed by atoms with E-state index in [1.54, 1.807) is 12.4 Å². The molecular weight excluding hydrogens is 272 g/mol. The number of nitrogens with two attached hydrogens (primary N) is 1. The van der Waals surface area contributed by atoms with E-state index >= 15 is 0 Å². The molecule has 0 aliphatic rings. The summed E-state index contributed by atoms with van der Waals surface area (Å²) in [5, 5.41) is 7.84. The fourth-order valence-corrected chi connectivity index (χ4v) is 2.49. The van der Waals surface area contributed by atoms with Crippen molar-refractivity contribution in [1.82, 2.24) is 15.2 Å². The van der Waals surface area contributed by atoms with E-state index in [9.17, 15) is 0 Å². The van der Waals surface area contributed by atoms with Gasteiger partial charge >= 0.3 is 0 Å². The zero-order valence-electron chi connectivity index (χ0n) is 10.9. The Labute approximate surface area is 121 Å². The van der Waals surface area contributed by atoms with Gasteiger partial charge in [0.15, 0.2) is 5.82 Å². The molecule has 0 unspecified atom stereocenters. The largest absolute Gasteiger partial charge is 0.382 e. The molecule has 1 aromatic carbocycles. The van der Waals surface area contributed by atoms with Crippen molar-refractivity contribution in [2.75, 3.05) is 5.73 Å². The maximum atomic E-state index is 6.01. The molecule has 3 N–H and O–H groups in total. The van der Waals surface area contributed by atoms with Crippen LogP contribution in [0.5, 0.6) is 0 Å². The number of hydrogen-bond acceptors (Lipinski definition) is 3. The van der Waals surface area contributed by atoms with Gasteiger partial charge in [-0.3, -0.25) is 10.1 Å². The Morgan fingerprint density at radius 1 is 1.25 bits per heavy atom. The van der Waals surface area contributed by atoms with Gasteiger partial charge in [-0.25, -0.2) is 0 Å². The van der Waals surface area contributed by atoms with Crippen LogP contribution in [-0.2, 0) is 0 Å². The van der Waals surface area contributed by atoms with Crippen molar-refractivity contribution in [2.24, 2.45) is 0 Å². The zero-order chi connectivity index (χ0) is 14.1. The van der Waals surface area contributed by atoms with E-state index in [1.165, 1.54) is 0 Å². The van der Waals surface area contributed by atoms with Gasteiger partial charge in [0.05, 0.1) is 11.3 Å². The lowest BCUT2D eigenvalue weighted by atomic mass is 9.99. The van der Waals surface area contributed by atoms with Crippen LogP contribution in [0.1, 0.15) is 5.56 Å². The van der Waals surface area contributed by atoms with Gasteiger partial charge in [0, 0.05) is 28.5 Å². The molecule has 0 fully saturated rings. The summed E-state index contributed by atoms with van der Waals surface area (Å²) in [7, 11) is 0. The van der Waals surface area contributed by atoms with Gasteiger partial charge in [0.25, 0.3) is 0 Å². The maximum absolute atomic E-state index is 6.01. The maximum Gasteiger partial charge on any atom is 0.153 e. The lowest BCUT2D eigenvalue weighted by Crippen LogP contribution is -1.90. The highest BCUT2D eigenvalue weighted by Crippen LogP contribution is 2.36. The molecule has 0 radical (unpaired) electrons. The summed E-state index contributed by atoms with van der Waals surface area (Å²) < 4.78 is 0. The van der Waals surface area contributed by atoms with E-state index in [0.717, 1.165) is 27.9 Å². The highest BCUT2D eigenvalue weighted by Gasteiger charge is 2.16. The molecule has 0 aliphatic heterocycles. The molecule has 4 nitrogen and oxygen atoms in total. The van der Waals surface area contributed by atoms with Gasteiger partial charge in [-0.05, 0) is 30.7 Å². The Hall–Kier alpha value is -2.33. The van der Waals surface area contributed by atoms with E-state index in [2.05, 4.69) is 15.2 Å². The van der Waals surface area contributed by atoms with Crippen LogP contribution in [-0.4, -0.2) is 15.2 Å². The molecule has 0 saturated heterocycles. The summed E-state index contributed by atoms with van der Waals surface area (Å²) in [6.45, 7) is 2.01. The van der Waals surface area contributed by atoms with Crippen molar-refractivity contribution < 1.29 is 0 Å². The van der Waals surface area contributed by atoms with E-state index < -0.39 is 0 Å². The van der Waals surface area contributed by atoms with Gasteiger partial charge in [0.2, 0.25) is 0 Å². The summed E-state index contributed by atoms with van der Waals surface area (Å²) >= 11 is 6.01. The molecule has 3 aromatic rings. The quantitative estimate of drug-likeness (QED) is 0.754. The van der Waals surface area contributed by atoms with Crippen LogP contribution in [0.3, 0.4) is 0 Å². The number of halogens is 1. The summed E-state index contributed by atoms with van der Waals surface area (Å²) in [4.78, 5) is 4.13. The summed E-state index contributed by atoms with van der Waals surface area (Å²) in [6, 6.07) is 9.57. The van der Waals surface area contributed by atoms with Crippen LogP contribution < -0.4 is 5.73 Å². The minimum atomic E-state index is 0.461. The van der Waals surface area contributed by atoms with E-state index in [4.69, 9.17) is 17.3 Å². The summed E-state index contributed by atoms with van der Waals surface area (Å²) in [5.41, 5.74) is 10.8. The Bertz CT molecular complexity index is 750. The molecule has 0 spiro atoms. The second-order valence-corrected chi connectivity index (χ2v) is 5.00. The monoisotopic (exact) mass is 284 g/mol. The highest BCUT2D eigenvalue weighted by atomic mass is 35.5. The third-order valence-corrected chi connectivity index (χ3v) is 3.44. The molecule has 0 atom stereocenters. The first-order valence-electron chi connectivity index (χ1n) is 6.17. The number of anilines is 1. The normalized spacial score (nSPS) is 10.7. The number of nitrogens with zero attached hydrogens (tertiary/aromatic N) is 2. The fraction of sp³-hybridized carbons (Fsp3) is 0.0667. The Kier molecular flexibility index (Phi) is 3.16. The van der Waals surface area contributed by atoms with E-state index in [1.807, 2.05) is 37.3 Å². The molecule has 20 heavy (non-hydrogen) atoms. The lowest BCUT2D eigenvalue weighted by molar-refractivity contribution is 1.10. The number of aromatic nitrogens is 3. The van der Waals surface area contributed by atoms with Crippen molar-refractivity contribution in [1.29, 1.82) is 0 Å². The van der Waals surface area contributed by atoms with Crippen molar-refractivity contribution in [2.45, 2.75) is 6.92 Å². The van der Waals surface area contributed by atoms with Crippen LogP contribution in [0, 0.1) is 6.92 Å². The molecule has 3 rings (SSSR count). The SMILES string of the molecule is Cc1cc(Cl)ccc1-c1[nH]nc(N)c1-c1cccnc1. The van der Waals surface area contributed by atoms with Gasteiger partial charge in [-0.2, -0.15) is 5.10 Å². The number of benzene rings is 1. The van der Waals surface area contributed by atoms with E-state index in [-0.39, 0.29) is 0 Å². The van der Waals surface area contributed by atoms with E-state index in [0.29, 0.717) is 10.8 Å². The van der Waals surface area contributed by atoms with Crippen molar-refractivity contribution in [3.63, 3.8) is 0 Å². The van der Waals surface area contributed by atoms with Crippen molar-refractivity contribution in [3.8, 4) is 22.4 Å². The first-order chi connectivity index (χ1) is 9.66. The van der Waals surface area contributed by atoms with Gasteiger partial charge in [-0.15, -0.1) is 0 Å². The fourth-order valence-electron chi connectivity index (χ4n) is 2.26. The average Bonchev–Trinajstić information content (AvgIpc) is 2.81. The molecule has 0 aliphatic carbocycles. The van der Waals surface area contributed by atoms with Crippen LogP contribution in [0.15, 0.2) is 42.7 Å². The summed E-state index contributed by atoms with van der Waals surface area (Å²) in [6.07, 6.45) is 3.50. The second-order valence-electron chi connectivity index (χ2n) is 4.56. The van der Waals surface area contributed by atoms with Gasteiger partial charge in [-0.1, -0.05) is 23.7 Å². The first-order valence-corrected chi connectivity index (χ1v) is 6.55. The Morgan fingerprint density at radius 2 is 2.10 bits per heavy atom. The van der Waals surface area contributed by atoms with Crippen LogP contribution in [0.25, 0.3) is 22.4 Å². The predicted octanol–water partition coefficient (Wildman–Crippen LogP) is 3.68. The number of H-pyrrole nitrogens is 1. The number of rotatable bonds is 2. The minimum Gasteiger partial charge on any atom is -0.382 e. The van der Waals surface area contributed by atoms with Crippen molar-refractivity contribution in [3.05, 3.63) is 53.3 Å². The standard InChI is InChI=1S/C15H13ClN4/c1-9-7-11(16)4-5-12(9)14-13(15(17)20-19-14)10-3-2-6-18-8-10/h2-8H,1H3,(H3,17,19,20). The molecule has 0 amide bonds. The number of aromatic amines is 1. The van der Waals surface area contributed by atoms with Crippen LogP contribution in [0.4, 0.5) is 5.82 Å². The third kappa shape index (κ3) is 2.14. The minimum absolute atomic E-state index is 0.461. The van der Waals surface area contributed by atoms with Gasteiger partial charge < -0.3 is 5.73 Å². The average molecular weight is 285 g/mol. The Balaban J connectivity index is 2.21. The lowest BCUT2D eigenvalue weighted by Gasteiger charge is -2.07. The second kappa shape index (κ2) is 4.98. The smallest absolute Gasteiger partial charge is 0.153 e. The number of nitrogens with one attached hydrogen (secondary N) is 1. The van der Waals surface area contributed by atoms with Crippen LogP contribution >= 0.6 is 11.6 Å². The number of hydrogen-bond donors (Lipinski definition) is 2. The number of nitrogen functional groups attached to an aromatic ring is 1. The number of aryl methyl sites for hydroxylation is 1. The molecule has 5 heteroatoms. The molecule has 0 saturated carbocycles. The zero-order valence-corrected chi connectivity index (χ0v) is 11.6. The van der Waals surface area contributed by atoms with Crippen LogP contribution in [0.2, 0.25) is 5.02 Å². The molecule has 100 valence electrons. The first kappa shape index (κ1) is 12.7. The van der Waals surface area contributed by atoms with Gasteiger partial charge in [0.1, 0.15) is 0 Å². The topological polar surface area (TPSA) is 67.6 Å². The molecule has 2 heterocycles. The van der Waals surface area contributed by atoms with Crippen molar-refractivity contribution >= 4 is 17.4 Å². The number of pyridine rings is 1. The molecule has 2 aromatic heterocycles. The predicted molar refractivity (Wildman–Crippen MR) is 81.4 cm³/mol. The third-order valence-electron chi connectivity index (χ3n) is 3.20. The molecular formula is C15H13ClN4. The molecule has 0 bridgehead atoms. The Morgan fingerprint density at radius 3 is 2.80 bits per heavy atom.